The lowest BCUT2D eigenvalue weighted by Gasteiger charge is -2.06. The molecule has 7 nitrogen and oxygen atoms in total. The molecule has 1 amide bonds. The number of carbonyl (C=O) groups is 1. The summed E-state index contributed by atoms with van der Waals surface area (Å²) < 4.78 is 2.46. The van der Waals surface area contributed by atoms with Crippen molar-refractivity contribution in [2.24, 2.45) is 0 Å². The van der Waals surface area contributed by atoms with Crippen LogP contribution in [0, 0.1) is 0 Å². The van der Waals surface area contributed by atoms with Crippen molar-refractivity contribution in [3.05, 3.63) is 53.0 Å². The van der Waals surface area contributed by atoms with E-state index in [4.69, 9.17) is 0 Å². The van der Waals surface area contributed by atoms with Crippen molar-refractivity contribution < 1.29 is 9.90 Å². The van der Waals surface area contributed by atoms with Crippen LogP contribution < -0.4 is 5.32 Å². The van der Waals surface area contributed by atoms with Crippen LogP contribution in [0.2, 0.25) is 0 Å². The van der Waals surface area contributed by atoms with E-state index in [1.54, 1.807) is 24.3 Å². The average molecular weight is 406 g/mol. The second-order valence-corrected chi connectivity index (χ2v) is 6.59. The standard InChI is InChI=1S/C15H12BrN5O2S/c16-10-1-3-11(4-2-10)17-14(23)9-24-15-18-19-20-21(15)12-5-7-13(22)8-6-12/h1-8,22H,9H2,(H,17,23). The molecule has 0 atom stereocenters. The number of rotatable bonds is 5. The number of aromatic hydroxyl groups is 1. The smallest absolute Gasteiger partial charge is 0.234 e. The van der Waals surface area contributed by atoms with Crippen LogP contribution in [0.5, 0.6) is 5.75 Å². The maximum atomic E-state index is 12.0. The third kappa shape index (κ3) is 4.12. The van der Waals surface area contributed by atoms with Crippen LogP contribution in [0.25, 0.3) is 5.69 Å². The van der Waals surface area contributed by atoms with Crippen molar-refractivity contribution in [3.8, 4) is 11.4 Å². The molecule has 0 aliphatic rings. The maximum absolute atomic E-state index is 12.0. The van der Waals surface area contributed by atoms with Gasteiger partial charge in [0.05, 0.1) is 11.4 Å². The molecule has 0 aliphatic carbocycles. The van der Waals surface area contributed by atoms with E-state index in [0.717, 1.165) is 10.2 Å². The molecule has 2 aromatic carbocycles. The molecule has 1 aromatic heterocycles. The van der Waals surface area contributed by atoms with Gasteiger partial charge in [-0.1, -0.05) is 27.7 Å². The number of hydrogen-bond acceptors (Lipinski definition) is 6. The van der Waals surface area contributed by atoms with Gasteiger partial charge < -0.3 is 10.4 Å². The second kappa shape index (κ2) is 7.45. The van der Waals surface area contributed by atoms with Gasteiger partial charge in [0.25, 0.3) is 0 Å². The van der Waals surface area contributed by atoms with Gasteiger partial charge in [0.2, 0.25) is 11.1 Å². The first kappa shape index (κ1) is 16.5. The van der Waals surface area contributed by atoms with Crippen LogP contribution in [0.4, 0.5) is 5.69 Å². The molecule has 0 fully saturated rings. The number of benzene rings is 2. The minimum absolute atomic E-state index is 0.150. The zero-order valence-electron chi connectivity index (χ0n) is 12.3. The van der Waals surface area contributed by atoms with E-state index in [-0.39, 0.29) is 17.4 Å². The first-order valence-corrected chi connectivity index (χ1v) is 8.66. The van der Waals surface area contributed by atoms with Crippen molar-refractivity contribution in [2.75, 3.05) is 11.1 Å². The fourth-order valence-corrected chi connectivity index (χ4v) is 2.84. The predicted molar refractivity (Wildman–Crippen MR) is 94.3 cm³/mol. The number of tetrazole rings is 1. The van der Waals surface area contributed by atoms with E-state index < -0.39 is 0 Å². The molecule has 2 N–H and O–H groups in total. The SMILES string of the molecule is O=C(CSc1nnnn1-c1ccc(O)cc1)Nc1ccc(Br)cc1. The molecule has 1 heterocycles. The Morgan fingerprint density at radius 3 is 2.58 bits per heavy atom. The predicted octanol–water partition coefficient (Wildman–Crippen LogP) is 2.86. The Labute approximate surface area is 150 Å². The summed E-state index contributed by atoms with van der Waals surface area (Å²) in [7, 11) is 0. The monoisotopic (exact) mass is 405 g/mol. The maximum Gasteiger partial charge on any atom is 0.234 e. The summed E-state index contributed by atoms with van der Waals surface area (Å²) in [4.78, 5) is 12.0. The summed E-state index contributed by atoms with van der Waals surface area (Å²) >= 11 is 4.57. The Balaban J connectivity index is 1.63. The summed E-state index contributed by atoms with van der Waals surface area (Å²) in [6, 6.07) is 13.8. The summed E-state index contributed by atoms with van der Waals surface area (Å²) in [6.07, 6.45) is 0. The number of halogens is 1. The number of anilines is 1. The lowest BCUT2D eigenvalue weighted by Crippen LogP contribution is -2.14. The molecule has 0 aliphatic heterocycles. The highest BCUT2D eigenvalue weighted by Gasteiger charge is 2.11. The van der Waals surface area contributed by atoms with Gasteiger partial charge in [-0.2, -0.15) is 4.68 Å². The first-order chi connectivity index (χ1) is 11.6. The molecule has 3 rings (SSSR count). The van der Waals surface area contributed by atoms with Crippen LogP contribution in [0.3, 0.4) is 0 Å². The normalized spacial score (nSPS) is 10.5. The number of nitrogens with one attached hydrogen (secondary N) is 1. The highest BCUT2D eigenvalue weighted by atomic mass is 79.9. The fourth-order valence-electron chi connectivity index (χ4n) is 1.89. The molecule has 3 aromatic rings. The van der Waals surface area contributed by atoms with Gasteiger partial charge >= 0.3 is 0 Å². The number of thioether (sulfide) groups is 1. The Morgan fingerprint density at radius 2 is 1.88 bits per heavy atom. The lowest BCUT2D eigenvalue weighted by atomic mass is 10.3. The first-order valence-electron chi connectivity index (χ1n) is 6.88. The van der Waals surface area contributed by atoms with Gasteiger partial charge in [0.1, 0.15) is 5.75 Å². The Hall–Kier alpha value is -2.39. The van der Waals surface area contributed by atoms with E-state index >= 15 is 0 Å². The Morgan fingerprint density at radius 1 is 1.17 bits per heavy atom. The number of carbonyl (C=O) groups excluding carboxylic acids is 1. The third-order valence-corrected chi connectivity index (χ3v) is 4.44. The Kier molecular flexibility index (Phi) is 5.11. The van der Waals surface area contributed by atoms with Crippen LogP contribution >= 0.6 is 27.7 Å². The van der Waals surface area contributed by atoms with E-state index in [0.29, 0.717) is 10.8 Å². The quantitative estimate of drug-likeness (QED) is 0.633. The van der Waals surface area contributed by atoms with Gasteiger partial charge in [-0.05, 0) is 59.0 Å². The van der Waals surface area contributed by atoms with Crippen molar-refractivity contribution in [2.45, 2.75) is 5.16 Å². The van der Waals surface area contributed by atoms with Crippen LogP contribution in [-0.2, 0) is 4.79 Å². The number of aromatic nitrogens is 4. The summed E-state index contributed by atoms with van der Waals surface area (Å²) in [5, 5.41) is 24.1. The van der Waals surface area contributed by atoms with E-state index in [2.05, 4.69) is 36.8 Å². The molecule has 122 valence electrons. The minimum Gasteiger partial charge on any atom is -0.508 e. The van der Waals surface area contributed by atoms with Gasteiger partial charge in [-0.15, -0.1) is 5.10 Å². The summed E-state index contributed by atoms with van der Waals surface area (Å²) in [6.45, 7) is 0. The molecule has 0 spiro atoms. The average Bonchev–Trinajstić information content (AvgIpc) is 3.04. The third-order valence-electron chi connectivity index (χ3n) is 3.00. The Bertz CT molecular complexity index is 836. The van der Waals surface area contributed by atoms with Crippen molar-refractivity contribution in [1.82, 2.24) is 20.2 Å². The lowest BCUT2D eigenvalue weighted by molar-refractivity contribution is -0.113. The van der Waals surface area contributed by atoms with Gasteiger partial charge in [0, 0.05) is 10.2 Å². The molecule has 9 heteroatoms. The zero-order chi connectivity index (χ0) is 16.9. The summed E-state index contributed by atoms with van der Waals surface area (Å²) in [5.74, 6) is 0.187. The van der Waals surface area contributed by atoms with Gasteiger partial charge in [-0.3, -0.25) is 4.79 Å². The second-order valence-electron chi connectivity index (χ2n) is 4.73. The van der Waals surface area contributed by atoms with E-state index in [9.17, 15) is 9.90 Å². The number of nitrogens with zero attached hydrogens (tertiary/aromatic N) is 4. The number of amides is 1. The van der Waals surface area contributed by atoms with Crippen molar-refractivity contribution in [1.29, 1.82) is 0 Å². The zero-order valence-corrected chi connectivity index (χ0v) is 14.7. The summed E-state index contributed by atoms with van der Waals surface area (Å²) in [5.41, 5.74) is 1.43. The minimum atomic E-state index is -0.150. The fraction of sp³-hybridized carbons (Fsp3) is 0.0667. The molecule has 0 unspecified atom stereocenters. The molecule has 0 bridgehead atoms. The number of phenolic OH excluding ortho intramolecular Hbond substituents is 1. The van der Waals surface area contributed by atoms with Crippen LogP contribution in [0.1, 0.15) is 0 Å². The largest absolute Gasteiger partial charge is 0.508 e. The molecule has 0 radical (unpaired) electrons. The highest BCUT2D eigenvalue weighted by molar-refractivity contribution is 9.10. The van der Waals surface area contributed by atoms with Gasteiger partial charge in [-0.25, -0.2) is 0 Å². The van der Waals surface area contributed by atoms with E-state index in [1.807, 2.05) is 24.3 Å². The molecular weight excluding hydrogens is 394 g/mol. The molecule has 24 heavy (non-hydrogen) atoms. The van der Waals surface area contributed by atoms with E-state index in [1.165, 1.54) is 16.4 Å². The number of hydrogen-bond donors (Lipinski definition) is 2. The topological polar surface area (TPSA) is 92.9 Å². The van der Waals surface area contributed by atoms with Crippen LogP contribution in [0.15, 0.2) is 58.2 Å². The van der Waals surface area contributed by atoms with Crippen molar-refractivity contribution >= 4 is 39.3 Å². The van der Waals surface area contributed by atoms with Gasteiger partial charge in [0.15, 0.2) is 0 Å². The molecule has 0 saturated heterocycles. The number of phenols is 1. The highest BCUT2D eigenvalue weighted by Crippen LogP contribution is 2.20. The molecular formula is C15H12BrN5O2S. The molecule has 0 saturated carbocycles. The van der Waals surface area contributed by atoms with Crippen LogP contribution in [-0.4, -0.2) is 37.0 Å². The van der Waals surface area contributed by atoms with Crippen molar-refractivity contribution in [3.63, 3.8) is 0 Å².